The van der Waals surface area contributed by atoms with Gasteiger partial charge >= 0.3 is 0 Å². The van der Waals surface area contributed by atoms with Crippen LogP contribution in [0, 0.1) is 11.3 Å². The molecule has 2 rings (SSSR count). The van der Waals surface area contributed by atoms with E-state index in [2.05, 4.69) is 46.5 Å². The van der Waals surface area contributed by atoms with Gasteiger partial charge < -0.3 is 0 Å². The maximum absolute atomic E-state index is 12.8. The Kier molecular flexibility index (Phi) is 3.21. The average Bonchev–Trinajstić information content (AvgIpc) is 2.37. The quantitative estimate of drug-likeness (QED) is 0.502. The summed E-state index contributed by atoms with van der Waals surface area (Å²) in [6, 6.07) is 0. The highest BCUT2D eigenvalue weighted by Crippen LogP contribution is 2.49. The molecule has 1 fully saturated rings. The first kappa shape index (κ1) is 13.8. The molecule has 0 N–H and O–H groups in total. The van der Waals surface area contributed by atoms with Crippen molar-refractivity contribution in [3.05, 3.63) is 22.4 Å². The van der Waals surface area contributed by atoms with E-state index in [1.807, 2.05) is 0 Å². The minimum absolute atomic E-state index is 0.155. The number of hydrogen-bond acceptors (Lipinski definition) is 1. The number of hydrogen-bond donors (Lipinski definition) is 0. The standard InChI is InChI=1S/C16H26OSi/c1-11-8-7-9-13(18(4,5)6)14-12(11)10-16(2,3)15(14)17/h8,12H,7,9-10H2,1-6H3. The van der Waals surface area contributed by atoms with Gasteiger partial charge in [-0.2, -0.15) is 0 Å². The van der Waals surface area contributed by atoms with Crippen LogP contribution in [0.25, 0.3) is 0 Å². The molecule has 2 heteroatoms. The highest BCUT2D eigenvalue weighted by Gasteiger charge is 2.46. The van der Waals surface area contributed by atoms with Gasteiger partial charge in [-0.25, -0.2) is 0 Å². The van der Waals surface area contributed by atoms with Gasteiger partial charge in [-0.1, -0.05) is 50.3 Å². The lowest BCUT2D eigenvalue weighted by atomic mass is 9.88. The lowest BCUT2D eigenvalue weighted by molar-refractivity contribution is -0.121. The number of fused-ring (bicyclic) bond motifs is 1. The van der Waals surface area contributed by atoms with Crippen LogP contribution in [0.4, 0.5) is 0 Å². The molecule has 1 saturated carbocycles. The molecule has 100 valence electrons. The highest BCUT2D eigenvalue weighted by atomic mass is 28.3. The number of carbonyl (C=O) groups is 1. The molecule has 0 radical (unpaired) electrons. The molecule has 0 aromatic carbocycles. The maximum Gasteiger partial charge on any atom is 0.164 e. The van der Waals surface area contributed by atoms with Crippen molar-refractivity contribution in [2.75, 3.05) is 0 Å². The molecule has 0 amide bonds. The molecule has 1 unspecified atom stereocenters. The zero-order valence-corrected chi connectivity index (χ0v) is 13.7. The van der Waals surface area contributed by atoms with Gasteiger partial charge in [0.1, 0.15) is 0 Å². The Morgan fingerprint density at radius 1 is 1.28 bits per heavy atom. The van der Waals surface area contributed by atoms with Gasteiger partial charge in [0.25, 0.3) is 0 Å². The number of carbonyl (C=O) groups excluding carboxylic acids is 1. The summed E-state index contributed by atoms with van der Waals surface area (Å²) < 4.78 is 0. The summed E-state index contributed by atoms with van der Waals surface area (Å²) >= 11 is 0. The predicted molar refractivity (Wildman–Crippen MR) is 80.3 cm³/mol. The SMILES string of the molecule is CC1=CCCC([Si](C)(C)C)=C2C(=O)C(C)(C)CC12. The second kappa shape index (κ2) is 4.19. The summed E-state index contributed by atoms with van der Waals surface area (Å²) in [5.74, 6) is 0.844. The molecule has 0 heterocycles. The van der Waals surface area contributed by atoms with Gasteiger partial charge in [-0.05, 0) is 31.8 Å². The van der Waals surface area contributed by atoms with Gasteiger partial charge in [0.05, 0.1) is 8.07 Å². The maximum atomic E-state index is 12.8. The monoisotopic (exact) mass is 262 g/mol. The third-order valence-corrected chi connectivity index (χ3v) is 6.89. The third kappa shape index (κ3) is 2.15. The molecule has 2 aliphatic rings. The molecular weight excluding hydrogens is 236 g/mol. The minimum atomic E-state index is -1.38. The molecule has 1 atom stereocenters. The molecular formula is C16H26OSi. The van der Waals surface area contributed by atoms with E-state index in [-0.39, 0.29) is 5.41 Å². The average molecular weight is 262 g/mol. The number of ketones is 1. The fourth-order valence-corrected chi connectivity index (χ4v) is 5.45. The van der Waals surface area contributed by atoms with Crippen LogP contribution in [0.2, 0.25) is 19.6 Å². The van der Waals surface area contributed by atoms with Crippen LogP contribution in [-0.2, 0) is 4.79 Å². The van der Waals surface area contributed by atoms with Crippen molar-refractivity contribution in [1.29, 1.82) is 0 Å². The van der Waals surface area contributed by atoms with Crippen molar-refractivity contribution in [2.45, 2.75) is 59.7 Å². The fourth-order valence-electron chi connectivity index (χ4n) is 3.46. The molecule has 18 heavy (non-hydrogen) atoms. The van der Waals surface area contributed by atoms with Crippen molar-refractivity contribution < 1.29 is 4.79 Å². The van der Waals surface area contributed by atoms with Gasteiger partial charge in [0.2, 0.25) is 0 Å². The molecule has 0 spiro atoms. The fraction of sp³-hybridized carbons (Fsp3) is 0.688. The Morgan fingerprint density at radius 3 is 2.44 bits per heavy atom. The van der Waals surface area contributed by atoms with Crippen molar-refractivity contribution in [3.8, 4) is 0 Å². The first-order valence-electron chi connectivity index (χ1n) is 7.09. The van der Waals surface area contributed by atoms with Crippen molar-refractivity contribution in [2.24, 2.45) is 11.3 Å². The van der Waals surface area contributed by atoms with Crippen LogP contribution in [-0.4, -0.2) is 13.9 Å². The second-order valence-corrected chi connectivity index (χ2v) is 12.7. The Bertz CT molecular complexity index is 446. The minimum Gasteiger partial charge on any atom is -0.294 e. The van der Waals surface area contributed by atoms with E-state index in [0.29, 0.717) is 11.7 Å². The van der Waals surface area contributed by atoms with E-state index in [1.54, 1.807) is 0 Å². The smallest absolute Gasteiger partial charge is 0.164 e. The van der Waals surface area contributed by atoms with Gasteiger partial charge in [0, 0.05) is 11.3 Å². The number of rotatable bonds is 1. The number of allylic oxidation sites excluding steroid dienone is 4. The normalized spacial score (nSPS) is 28.0. The Morgan fingerprint density at radius 2 is 1.89 bits per heavy atom. The van der Waals surface area contributed by atoms with E-state index >= 15 is 0 Å². The van der Waals surface area contributed by atoms with Crippen LogP contribution in [0.1, 0.15) is 40.0 Å². The molecule has 0 bridgehead atoms. The molecule has 1 nitrogen and oxygen atoms in total. The van der Waals surface area contributed by atoms with E-state index in [0.717, 1.165) is 19.3 Å². The molecule has 0 aromatic heterocycles. The first-order valence-corrected chi connectivity index (χ1v) is 10.6. The predicted octanol–water partition coefficient (Wildman–Crippen LogP) is 4.52. The molecule has 0 aliphatic heterocycles. The van der Waals surface area contributed by atoms with Crippen molar-refractivity contribution in [1.82, 2.24) is 0 Å². The summed E-state index contributed by atoms with van der Waals surface area (Å²) in [6.07, 6.45) is 5.61. The first-order chi connectivity index (χ1) is 8.14. The third-order valence-electron chi connectivity index (χ3n) is 4.56. The summed E-state index contributed by atoms with van der Waals surface area (Å²) in [6.45, 7) is 13.6. The number of Topliss-reactive ketones (excluding diaryl/α,β-unsaturated/α-hetero) is 1. The summed E-state index contributed by atoms with van der Waals surface area (Å²) in [7, 11) is -1.38. The van der Waals surface area contributed by atoms with Crippen LogP contribution in [0.5, 0.6) is 0 Å². The van der Waals surface area contributed by atoms with Crippen LogP contribution in [0.15, 0.2) is 22.4 Å². The lowest BCUT2D eigenvalue weighted by Gasteiger charge is -2.24. The highest BCUT2D eigenvalue weighted by molar-refractivity contribution is 6.83. The summed E-state index contributed by atoms with van der Waals surface area (Å²) in [5, 5.41) is 1.54. The van der Waals surface area contributed by atoms with Crippen LogP contribution >= 0.6 is 0 Å². The zero-order valence-electron chi connectivity index (χ0n) is 12.7. The summed E-state index contributed by atoms with van der Waals surface area (Å²) in [5.41, 5.74) is 2.49. The van der Waals surface area contributed by atoms with E-state index < -0.39 is 8.07 Å². The van der Waals surface area contributed by atoms with E-state index in [9.17, 15) is 4.79 Å². The molecule has 0 saturated heterocycles. The van der Waals surface area contributed by atoms with Crippen molar-refractivity contribution in [3.63, 3.8) is 0 Å². The van der Waals surface area contributed by atoms with Crippen LogP contribution < -0.4 is 0 Å². The Labute approximate surface area is 112 Å². The van der Waals surface area contributed by atoms with Gasteiger partial charge in [-0.3, -0.25) is 4.79 Å². The molecule has 0 aromatic rings. The zero-order chi connectivity index (χ0) is 13.7. The van der Waals surface area contributed by atoms with E-state index in [4.69, 9.17) is 0 Å². The molecule has 2 aliphatic carbocycles. The lowest BCUT2D eigenvalue weighted by Crippen LogP contribution is -2.28. The Balaban J connectivity index is 2.61. The van der Waals surface area contributed by atoms with E-state index in [1.165, 1.54) is 16.3 Å². The van der Waals surface area contributed by atoms with Gasteiger partial charge in [0.15, 0.2) is 5.78 Å². The largest absolute Gasteiger partial charge is 0.294 e. The van der Waals surface area contributed by atoms with Gasteiger partial charge in [-0.15, -0.1) is 0 Å². The van der Waals surface area contributed by atoms with Crippen molar-refractivity contribution >= 4 is 13.9 Å². The van der Waals surface area contributed by atoms with Crippen LogP contribution in [0.3, 0.4) is 0 Å². The second-order valence-electron chi connectivity index (χ2n) is 7.60. The Hall–Kier alpha value is -0.633. The topological polar surface area (TPSA) is 17.1 Å². The summed E-state index contributed by atoms with van der Waals surface area (Å²) in [4.78, 5) is 12.8.